The Kier molecular flexibility index (Phi) is 7.36. The molecule has 1 atom stereocenters. The molecule has 0 saturated heterocycles. The number of aliphatic carboxylic acids is 1. The summed E-state index contributed by atoms with van der Waals surface area (Å²) in [6, 6.07) is 4.16. The van der Waals surface area contributed by atoms with Gasteiger partial charge in [0, 0.05) is 5.56 Å². The van der Waals surface area contributed by atoms with Gasteiger partial charge in [0.1, 0.15) is 6.04 Å². The summed E-state index contributed by atoms with van der Waals surface area (Å²) < 4.78 is 26.1. The van der Waals surface area contributed by atoms with Gasteiger partial charge in [-0.15, -0.1) is 6.42 Å². The molecule has 8 heteroatoms. The SMILES string of the molecule is C#CCNS(=O)(=O)c1ccc(C(=O)NC(CCC(C)(C)C)C(=O)O)cc1. The average Bonchev–Trinajstić information content (AvgIpc) is 2.55. The van der Waals surface area contributed by atoms with Crippen molar-refractivity contribution in [2.24, 2.45) is 5.41 Å². The molecule has 7 nitrogen and oxygen atoms in total. The van der Waals surface area contributed by atoms with E-state index < -0.39 is 27.9 Å². The lowest BCUT2D eigenvalue weighted by molar-refractivity contribution is -0.139. The van der Waals surface area contributed by atoms with Gasteiger partial charge in [-0.3, -0.25) is 4.79 Å². The largest absolute Gasteiger partial charge is 0.480 e. The summed E-state index contributed by atoms with van der Waals surface area (Å²) in [4.78, 5) is 23.6. The van der Waals surface area contributed by atoms with Gasteiger partial charge in [0.2, 0.25) is 10.0 Å². The minimum Gasteiger partial charge on any atom is -0.480 e. The van der Waals surface area contributed by atoms with E-state index in [0.29, 0.717) is 12.8 Å². The van der Waals surface area contributed by atoms with Crippen molar-refractivity contribution < 1.29 is 23.1 Å². The Morgan fingerprint density at radius 2 is 1.81 bits per heavy atom. The minimum absolute atomic E-state index is 0.0354. The summed E-state index contributed by atoms with van der Waals surface area (Å²) in [6.45, 7) is 5.82. The fourth-order valence-corrected chi connectivity index (χ4v) is 3.02. The highest BCUT2D eigenvalue weighted by Gasteiger charge is 2.23. The van der Waals surface area contributed by atoms with Crippen LogP contribution in [0.1, 0.15) is 44.0 Å². The highest BCUT2D eigenvalue weighted by atomic mass is 32.2. The first-order valence-corrected chi connectivity index (χ1v) is 9.51. The Balaban J connectivity index is 2.83. The molecule has 0 aliphatic carbocycles. The van der Waals surface area contributed by atoms with Crippen molar-refractivity contribution in [1.82, 2.24) is 10.0 Å². The summed E-state index contributed by atoms with van der Waals surface area (Å²) in [5.41, 5.74) is 0.114. The molecule has 142 valence electrons. The van der Waals surface area contributed by atoms with E-state index in [0.717, 1.165) is 0 Å². The number of carboxylic acids is 1. The number of rotatable bonds is 8. The maximum atomic E-state index is 12.3. The number of carbonyl (C=O) groups is 2. The molecule has 1 unspecified atom stereocenters. The Bertz CT molecular complexity index is 786. The number of sulfonamides is 1. The van der Waals surface area contributed by atoms with E-state index in [1.807, 2.05) is 20.8 Å². The molecular weight excluding hydrogens is 356 g/mol. The summed E-state index contributed by atoms with van der Waals surface area (Å²) >= 11 is 0. The Labute approximate surface area is 154 Å². The number of terminal acetylenes is 1. The van der Waals surface area contributed by atoms with Crippen LogP contribution in [0.5, 0.6) is 0 Å². The van der Waals surface area contributed by atoms with Crippen molar-refractivity contribution in [3.63, 3.8) is 0 Å². The summed E-state index contributed by atoms with van der Waals surface area (Å²) in [5.74, 6) is 0.480. The van der Waals surface area contributed by atoms with Crippen molar-refractivity contribution >= 4 is 21.9 Å². The fourth-order valence-electron chi connectivity index (χ4n) is 2.08. The molecule has 1 rings (SSSR count). The lowest BCUT2D eigenvalue weighted by Gasteiger charge is -2.21. The monoisotopic (exact) mass is 380 g/mol. The van der Waals surface area contributed by atoms with Gasteiger partial charge < -0.3 is 10.4 Å². The topological polar surface area (TPSA) is 113 Å². The van der Waals surface area contributed by atoms with Gasteiger partial charge in [0.05, 0.1) is 11.4 Å². The van der Waals surface area contributed by atoms with Gasteiger partial charge >= 0.3 is 5.97 Å². The molecule has 3 N–H and O–H groups in total. The van der Waals surface area contributed by atoms with E-state index in [9.17, 15) is 23.1 Å². The van der Waals surface area contributed by atoms with Gasteiger partial charge in [0.25, 0.3) is 5.91 Å². The molecule has 0 aromatic heterocycles. The zero-order valence-corrected chi connectivity index (χ0v) is 15.9. The second-order valence-electron chi connectivity index (χ2n) is 7.02. The van der Waals surface area contributed by atoms with Crippen LogP contribution < -0.4 is 10.0 Å². The molecule has 1 aromatic rings. The number of hydrogen-bond acceptors (Lipinski definition) is 4. The Morgan fingerprint density at radius 1 is 1.23 bits per heavy atom. The summed E-state index contributed by atoms with van der Waals surface area (Å²) in [7, 11) is -3.74. The zero-order chi connectivity index (χ0) is 20.0. The predicted molar refractivity (Wildman–Crippen MR) is 98.0 cm³/mol. The first kappa shape index (κ1) is 21.7. The van der Waals surface area contributed by atoms with Crippen molar-refractivity contribution in [2.75, 3.05) is 6.54 Å². The smallest absolute Gasteiger partial charge is 0.326 e. The van der Waals surface area contributed by atoms with Crippen LogP contribution in [0.25, 0.3) is 0 Å². The fraction of sp³-hybridized carbons (Fsp3) is 0.444. The lowest BCUT2D eigenvalue weighted by Crippen LogP contribution is -2.41. The molecule has 1 aromatic carbocycles. The third-order valence-corrected chi connectivity index (χ3v) is 4.99. The lowest BCUT2D eigenvalue weighted by atomic mass is 9.88. The Hall–Kier alpha value is -2.37. The third-order valence-electron chi connectivity index (χ3n) is 3.58. The maximum absolute atomic E-state index is 12.3. The molecule has 0 spiro atoms. The van der Waals surface area contributed by atoms with Crippen LogP contribution in [-0.2, 0) is 14.8 Å². The molecule has 0 fully saturated rings. The van der Waals surface area contributed by atoms with E-state index in [1.54, 1.807) is 0 Å². The Morgan fingerprint density at radius 3 is 2.27 bits per heavy atom. The number of carboxylic acid groups (broad SMARTS) is 1. The number of amides is 1. The molecule has 0 radical (unpaired) electrons. The average molecular weight is 380 g/mol. The highest BCUT2D eigenvalue weighted by molar-refractivity contribution is 7.89. The van der Waals surface area contributed by atoms with Gasteiger partial charge in [0.15, 0.2) is 0 Å². The highest BCUT2D eigenvalue weighted by Crippen LogP contribution is 2.22. The van der Waals surface area contributed by atoms with E-state index >= 15 is 0 Å². The van der Waals surface area contributed by atoms with Crippen LogP contribution >= 0.6 is 0 Å². The molecule has 0 bridgehead atoms. The number of nitrogens with one attached hydrogen (secondary N) is 2. The maximum Gasteiger partial charge on any atom is 0.326 e. The van der Waals surface area contributed by atoms with Crippen LogP contribution in [0.2, 0.25) is 0 Å². The van der Waals surface area contributed by atoms with E-state index in [2.05, 4.69) is 16.0 Å². The third kappa shape index (κ3) is 6.86. The quantitative estimate of drug-likeness (QED) is 0.593. The standard InChI is InChI=1S/C18H24N2O5S/c1-5-12-19-26(24,25)14-8-6-13(7-9-14)16(21)20-15(17(22)23)10-11-18(2,3)4/h1,6-9,15,19H,10-12H2,2-4H3,(H,20,21)(H,22,23). The van der Waals surface area contributed by atoms with Crippen LogP contribution in [0.3, 0.4) is 0 Å². The van der Waals surface area contributed by atoms with Crippen molar-refractivity contribution in [2.45, 2.75) is 44.6 Å². The first-order valence-electron chi connectivity index (χ1n) is 8.03. The second kappa shape index (κ2) is 8.83. The van der Waals surface area contributed by atoms with Gasteiger partial charge in [-0.05, 0) is 42.5 Å². The second-order valence-corrected chi connectivity index (χ2v) is 8.78. The molecule has 26 heavy (non-hydrogen) atoms. The van der Waals surface area contributed by atoms with Crippen LogP contribution in [0.15, 0.2) is 29.2 Å². The summed E-state index contributed by atoms with van der Waals surface area (Å²) in [5, 5.41) is 11.7. The summed E-state index contributed by atoms with van der Waals surface area (Å²) in [6.07, 6.45) is 5.95. The molecule has 0 aliphatic rings. The molecular formula is C18H24N2O5S. The van der Waals surface area contributed by atoms with Gasteiger partial charge in [-0.2, -0.15) is 4.72 Å². The van der Waals surface area contributed by atoms with Crippen molar-refractivity contribution in [3.05, 3.63) is 29.8 Å². The van der Waals surface area contributed by atoms with Crippen LogP contribution in [0.4, 0.5) is 0 Å². The predicted octanol–water partition coefficient (Wildman–Crippen LogP) is 1.61. The van der Waals surface area contributed by atoms with Gasteiger partial charge in [-0.1, -0.05) is 26.7 Å². The minimum atomic E-state index is -3.74. The molecule has 0 saturated carbocycles. The van der Waals surface area contributed by atoms with Crippen molar-refractivity contribution in [1.29, 1.82) is 0 Å². The molecule has 0 heterocycles. The van der Waals surface area contributed by atoms with Crippen LogP contribution in [0, 0.1) is 17.8 Å². The number of carbonyl (C=O) groups excluding carboxylic acids is 1. The van der Waals surface area contributed by atoms with E-state index in [-0.39, 0.29) is 22.4 Å². The number of hydrogen-bond donors (Lipinski definition) is 3. The normalized spacial score (nSPS) is 12.8. The van der Waals surface area contributed by atoms with E-state index in [1.165, 1.54) is 24.3 Å². The first-order chi connectivity index (χ1) is 12.0. The molecule has 1 amide bonds. The molecule has 0 aliphatic heterocycles. The van der Waals surface area contributed by atoms with Crippen LogP contribution in [-0.4, -0.2) is 38.0 Å². The van der Waals surface area contributed by atoms with E-state index in [4.69, 9.17) is 6.42 Å². The number of benzene rings is 1. The van der Waals surface area contributed by atoms with Gasteiger partial charge in [-0.25, -0.2) is 13.2 Å². The van der Waals surface area contributed by atoms with Crippen molar-refractivity contribution in [3.8, 4) is 12.3 Å². The zero-order valence-electron chi connectivity index (χ0n) is 15.1.